The van der Waals surface area contributed by atoms with Gasteiger partial charge in [0, 0.05) is 5.69 Å². The molecule has 1 atom stereocenters. The number of benzene rings is 2. The SMILES string of the molecule is NC(=O)C(c1ccc(N)cc1)S(=O)(=O)c1ccccc1. The standard InChI is InChI=1S/C14H14N2O3S/c15-11-8-6-10(7-9-11)13(14(16)17)20(18,19)12-4-2-1-3-5-12/h1-9,13H,15H2,(H2,16,17). The molecule has 0 heterocycles. The molecule has 6 heteroatoms. The van der Waals surface area contributed by atoms with Gasteiger partial charge in [-0.05, 0) is 29.8 Å². The minimum Gasteiger partial charge on any atom is -0.399 e. The quantitative estimate of drug-likeness (QED) is 0.827. The second-order valence-electron chi connectivity index (χ2n) is 4.31. The van der Waals surface area contributed by atoms with E-state index in [0.29, 0.717) is 11.3 Å². The summed E-state index contributed by atoms with van der Waals surface area (Å²) in [5, 5.41) is -1.43. The summed E-state index contributed by atoms with van der Waals surface area (Å²) in [5.41, 5.74) is 11.6. The fourth-order valence-corrected chi connectivity index (χ4v) is 3.54. The summed E-state index contributed by atoms with van der Waals surface area (Å²) in [7, 11) is -3.88. The molecule has 0 bridgehead atoms. The zero-order valence-corrected chi connectivity index (χ0v) is 11.4. The Kier molecular flexibility index (Phi) is 3.76. The Morgan fingerprint density at radius 1 is 0.950 bits per heavy atom. The van der Waals surface area contributed by atoms with Crippen molar-refractivity contribution < 1.29 is 13.2 Å². The van der Waals surface area contributed by atoms with Crippen LogP contribution in [0.5, 0.6) is 0 Å². The predicted molar refractivity (Wildman–Crippen MR) is 76.4 cm³/mol. The van der Waals surface area contributed by atoms with Gasteiger partial charge in [-0.25, -0.2) is 8.42 Å². The van der Waals surface area contributed by atoms with Gasteiger partial charge in [-0.15, -0.1) is 0 Å². The lowest BCUT2D eigenvalue weighted by Gasteiger charge is -2.15. The molecule has 0 radical (unpaired) electrons. The van der Waals surface area contributed by atoms with Crippen LogP contribution in [0.2, 0.25) is 0 Å². The van der Waals surface area contributed by atoms with Crippen LogP contribution >= 0.6 is 0 Å². The van der Waals surface area contributed by atoms with Gasteiger partial charge in [0.15, 0.2) is 15.1 Å². The first-order valence-corrected chi connectivity index (χ1v) is 7.41. The largest absolute Gasteiger partial charge is 0.399 e. The maximum atomic E-state index is 12.5. The van der Waals surface area contributed by atoms with Gasteiger partial charge in [-0.1, -0.05) is 30.3 Å². The molecular weight excluding hydrogens is 276 g/mol. The van der Waals surface area contributed by atoms with Crippen LogP contribution in [0.15, 0.2) is 59.5 Å². The molecule has 4 N–H and O–H groups in total. The van der Waals surface area contributed by atoms with Gasteiger partial charge in [0.05, 0.1) is 4.90 Å². The van der Waals surface area contributed by atoms with Crippen LogP contribution in [0, 0.1) is 0 Å². The molecule has 20 heavy (non-hydrogen) atoms. The maximum absolute atomic E-state index is 12.5. The molecule has 0 fully saturated rings. The summed E-state index contributed by atoms with van der Waals surface area (Å²) in [5.74, 6) is -0.918. The van der Waals surface area contributed by atoms with E-state index in [-0.39, 0.29) is 4.90 Å². The van der Waals surface area contributed by atoms with Gasteiger partial charge < -0.3 is 11.5 Å². The number of rotatable bonds is 4. The van der Waals surface area contributed by atoms with Crippen molar-refractivity contribution in [2.75, 3.05) is 5.73 Å². The van der Waals surface area contributed by atoms with Crippen molar-refractivity contribution in [2.45, 2.75) is 10.1 Å². The first kappa shape index (κ1) is 14.1. The number of carbonyl (C=O) groups is 1. The molecule has 2 rings (SSSR count). The van der Waals surface area contributed by atoms with E-state index in [9.17, 15) is 13.2 Å². The Morgan fingerprint density at radius 2 is 1.50 bits per heavy atom. The van der Waals surface area contributed by atoms with E-state index in [4.69, 9.17) is 11.5 Å². The molecule has 0 spiro atoms. The number of hydrogen-bond acceptors (Lipinski definition) is 4. The van der Waals surface area contributed by atoms with Gasteiger partial charge in [0.2, 0.25) is 5.91 Å². The molecule has 0 aliphatic rings. The highest BCUT2D eigenvalue weighted by molar-refractivity contribution is 7.92. The normalized spacial score (nSPS) is 12.8. The maximum Gasteiger partial charge on any atom is 0.240 e. The highest BCUT2D eigenvalue weighted by Crippen LogP contribution is 2.29. The minimum atomic E-state index is -3.88. The number of hydrogen-bond donors (Lipinski definition) is 2. The number of anilines is 1. The zero-order chi connectivity index (χ0) is 14.8. The van der Waals surface area contributed by atoms with Crippen molar-refractivity contribution in [3.05, 3.63) is 60.2 Å². The number of sulfone groups is 1. The monoisotopic (exact) mass is 290 g/mol. The van der Waals surface area contributed by atoms with Crippen LogP contribution in [-0.4, -0.2) is 14.3 Å². The summed E-state index contributed by atoms with van der Waals surface area (Å²) in [6.07, 6.45) is 0. The van der Waals surface area contributed by atoms with Crippen LogP contribution in [0.3, 0.4) is 0 Å². The second-order valence-corrected chi connectivity index (χ2v) is 6.34. The van der Waals surface area contributed by atoms with E-state index in [2.05, 4.69) is 0 Å². The molecule has 5 nitrogen and oxygen atoms in total. The molecule has 1 amide bonds. The average molecular weight is 290 g/mol. The van der Waals surface area contributed by atoms with Crippen LogP contribution in [-0.2, 0) is 14.6 Å². The van der Waals surface area contributed by atoms with E-state index >= 15 is 0 Å². The Hall–Kier alpha value is -2.34. The topological polar surface area (TPSA) is 103 Å². The summed E-state index contributed by atoms with van der Waals surface area (Å²) in [4.78, 5) is 11.7. The molecule has 0 aromatic heterocycles. The lowest BCUT2D eigenvalue weighted by molar-refractivity contribution is -0.117. The molecule has 0 saturated heterocycles. The van der Waals surface area contributed by atoms with Crippen LogP contribution in [0.25, 0.3) is 0 Å². The lowest BCUT2D eigenvalue weighted by Crippen LogP contribution is -2.28. The van der Waals surface area contributed by atoms with Gasteiger partial charge in [-0.2, -0.15) is 0 Å². The number of nitrogens with two attached hydrogens (primary N) is 2. The zero-order valence-electron chi connectivity index (χ0n) is 10.6. The highest BCUT2D eigenvalue weighted by atomic mass is 32.2. The van der Waals surface area contributed by atoms with E-state index in [1.54, 1.807) is 18.2 Å². The first-order chi connectivity index (χ1) is 9.43. The average Bonchev–Trinajstić information content (AvgIpc) is 2.41. The Morgan fingerprint density at radius 3 is 2.00 bits per heavy atom. The van der Waals surface area contributed by atoms with Gasteiger partial charge in [0.25, 0.3) is 0 Å². The third-order valence-corrected chi connectivity index (χ3v) is 4.93. The van der Waals surface area contributed by atoms with Gasteiger partial charge in [-0.3, -0.25) is 4.79 Å². The van der Waals surface area contributed by atoms with Crippen LogP contribution < -0.4 is 11.5 Å². The minimum absolute atomic E-state index is 0.0561. The Bertz CT molecular complexity index is 710. The molecule has 1 unspecified atom stereocenters. The third kappa shape index (κ3) is 2.65. The van der Waals surface area contributed by atoms with Crippen molar-refractivity contribution >= 4 is 21.4 Å². The smallest absolute Gasteiger partial charge is 0.240 e. The van der Waals surface area contributed by atoms with E-state index in [1.807, 2.05) is 0 Å². The third-order valence-electron chi connectivity index (χ3n) is 2.88. The summed E-state index contributed by atoms with van der Waals surface area (Å²) >= 11 is 0. The first-order valence-electron chi connectivity index (χ1n) is 5.86. The predicted octanol–water partition coefficient (Wildman–Crippen LogP) is 1.27. The van der Waals surface area contributed by atoms with Crippen molar-refractivity contribution in [3.8, 4) is 0 Å². The number of nitrogen functional groups attached to an aromatic ring is 1. The molecule has 104 valence electrons. The van der Waals surface area contributed by atoms with Crippen molar-refractivity contribution in [2.24, 2.45) is 5.73 Å². The van der Waals surface area contributed by atoms with E-state index < -0.39 is 21.0 Å². The molecule has 0 saturated carbocycles. The van der Waals surface area contributed by atoms with Gasteiger partial charge in [0.1, 0.15) is 0 Å². The van der Waals surface area contributed by atoms with Gasteiger partial charge >= 0.3 is 0 Å². The Labute approximate surface area is 117 Å². The fraction of sp³-hybridized carbons (Fsp3) is 0.0714. The molecular formula is C14H14N2O3S. The van der Waals surface area contributed by atoms with E-state index in [1.165, 1.54) is 36.4 Å². The van der Waals surface area contributed by atoms with Crippen molar-refractivity contribution in [1.29, 1.82) is 0 Å². The second kappa shape index (κ2) is 5.34. The number of carbonyl (C=O) groups excluding carboxylic acids is 1. The number of primary amides is 1. The molecule has 2 aromatic carbocycles. The molecule has 2 aromatic rings. The lowest BCUT2D eigenvalue weighted by atomic mass is 10.1. The van der Waals surface area contributed by atoms with E-state index in [0.717, 1.165) is 0 Å². The summed E-state index contributed by atoms with van der Waals surface area (Å²) < 4.78 is 25.1. The van der Waals surface area contributed by atoms with Crippen LogP contribution in [0.1, 0.15) is 10.8 Å². The highest BCUT2D eigenvalue weighted by Gasteiger charge is 2.33. The fourth-order valence-electron chi connectivity index (χ4n) is 1.91. The molecule has 0 aliphatic carbocycles. The van der Waals surface area contributed by atoms with Crippen LogP contribution in [0.4, 0.5) is 5.69 Å². The summed E-state index contributed by atoms with van der Waals surface area (Å²) in [6, 6.07) is 13.8. The van der Waals surface area contributed by atoms with Crippen molar-refractivity contribution in [1.82, 2.24) is 0 Å². The number of amides is 1. The summed E-state index contributed by atoms with van der Waals surface area (Å²) in [6.45, 7) is 0. The Balaban J connectivity index is 2.54. The molecule has 0 aliphatic heterocycles. The van der Waals surface area contributed by atoms with Crippen molar-refractivity contribution in [3.63, 3.8) is 0 Å².